The van der Waals surface area contributed by atoms with Crippen molar-refractivity contribution in [1.82, 2.24) is 10.2 Å². The minimum atomic E-state index is 0.724. The van der Waals surface area contributed by atoms with Gasteiger partial charge in [0, 0.05) is 18.6 Å². The van der Waals surface area contributed by atoms with E-state index in [1.54, 1.807) is 0 Å². The van der Waals surface area contributed by atoms with E-state index in [4.69, 9.17) is 0 Å². The van der Waals surface area contributed by atoms with Gasteiger partial charge in [0.2, 0.25) is 0 Å². The standard InChI is InChI=1S/C14H30N2S/c1-12(9-10-17-4)16(3)11-13-7-5-6-8-14(13)15-2/h12-15H,5-11H2,1-4H3. The summed E-state index contributed by atoms with van der Waals surface area (Å²) in [6.07, 6.45) is 9.13. The van der Waals surface area contributed by atoms with E-state index < -0.39 is 0 Å². The van der Waals surface area contributed by atoms with Gasteiger partial charge in [0.05, 0.1) is 0 Å². The molecule has 0 aliphatic heterocycles. The molecule has 1 aliphatic carbocycles. The van der Waals surface area contributed by atoms with Crippen molar-refractivity contribution in [2.24, 2.45) is 5.92 Å². The van der Waals surface area contributed by atoms with Crippen LogP contribution in [0.25, 0.3) is 0 Å². The van der Waals surface area contributed by atoms with Crippen LogP contribution in [0, 0.1) is 5.92 Å². The normalized spacial score (nSPS) is 27.4. The summed E-state index contributed by atoms with van der Waals surface area (Å²) < 4.78 is 0. The number of thioether (sulfide) groups is 1. The molecule has 17 heavy (non-hydrogen) atoms. The monoisotopic (exact) mass is 258 g/mol. The van der Waals surface area contributed by atoms with Crippen molar-refractivity contribution >= 4 is 11.8 Å². The molecule has 0 spiro atoms. The Morgan fingerprint density at radius 2 is 2.06 bits per heavy atom. The van der Waals surface area contributed by atoms with Gasteiger partial charge in [0.1, 0.15) is 0 Å². The minimum Gasteiger partial charge on any atom is -0.317 e. The number of rotatable bonds is 7. The van der Waals surface area contributed by atoms with Crippen molar-refractivity contribution in [2.75, 3.05) is 32.6 Å². The highest BCUT2D eigenvalue weighted by Crippen LogP contribution is 2.25. The molecule has 0 heterocycles. The zero-order chi connectivity index (χ0) is 12.7. The van der Waals surface area contributed by atoms with E-state index in [0.29, 0.717) is 0 Å². The van der Waals surface area contributed by atoms with Crippen molar-refractivity contribution < 1.29 is 0 Å². The van der Waals surface area contributed by atoms with Gasteiger partial charge in [0.25, 0.3) is 0 Å². The molecule has 1 saturated carbocycles. The average Bonchev–Trinajstić information content (AvgIpc) is 2.36. The maximum absolute atomic E-state index is 3.51. The molecule has 1 rings (SSSR count). The largest absolute Gasteiger partial charge is 0.317 e. The van der Waals surface area contributed by atoms with Gasteiger partial charge in [-0.05, 0) is 58.2 Å². The summed E-state index contributed by atoms with van der Waals surface area (Å²) in [6.45, 7) is 3.63. The first kappa shape index (κ1) is 15.3. The maximum atomic E-state index is 3.51. The zero-order valence-electron chi connectivity index (χ0n) is 12.0. The molecule has 0 aromatic heterocycles. The van der Waals surface area contributed by atoms with E-state index in [1.807, 2.05) is 11.8 Å². The summed E-state index contributed by atoms with van der Waals surface area (Å²) in [7, 11) is 4.42. The Morgan fingerprint density at radius 1 is 1.35 bits per heavy atom. The smallest absolute Gasteiger partial charge is 0.0104 e. The van der Waals surface area contributed by atoms with Crippen LogP contribution in [-0.4, -0.2) is 49.6 Å². The highest BCUT2D eigenvalue weighted by molar-refractivity contribution is 7.98. The summed E-state index contributed by atoms with van der Waals surface area (Å²) >= 11 is 1.96. The van der Waals surface area contributed by atoms with Crippen molar-refractivity contribution in [1.29, 1.82) is 0 Å². The zero-order valence-corrected chi connectivity index (χ0v) is 12.9. The molecule has 0 amide bonds. The average molecular weight is 258 g/mol. The van der Waals surface area contributed by atoms with Crippen LogP contribution < -0.4 is 5.32 Å². The molecule has 1 fully saturated rings. The first-order valence-electron chi connectivity index (χ1n) is 7.05. The van der Waals surface area contributed by atoms with Gasteiger partial charge in [-0.15, -0.1) is 0 Å². The lowest BCUT2D eigenvalue weighted by Gasteiger charge is -2.36. The Morgan fingerprint density at radius 3 is 2.71 bits per heavy atom. The van der Waals surface area contributed by atoms with Gasteiger partial charge in [0.15, 0.2) is 0 Å². The van der Waals surface area contributed by atoms with Gasteiger partial charge < -0.3 is 10.2 Å². The molecule has 0 aromatic rings. The van der Waals surface area contributed by atoms with Crippen molar-refractivity contribution in [2.45, 2.75) is 51.1 Å². The molecule has 3 atom stereocenters. The molecule has 3 unspecified atom stereocenters. The second kappa shape index (κ2) is 8.39. The summed E-state index contributed by atoms with van der Waals surface area (Å²) in [4.78, 5) is 2.57. The van der Waals surface area contributed by atoms with Crippen molar-refractivity contribution in [3.63, 3.8) is 0 Å². The highest BCUT2D eigenvalue weighted by atomic mass is 32.2. The van der Waals surface area contributed by atoms with E-state index in [0.717, 1.165) is 18.0 Å². The van der Waals surface area contributed by atoms with Crippen LogP contribution in [0.3, 0.4) is 0 Å². The molecular formula is C14H30N2S. The molecule has 1 aliphatic rings. The second-order valence-electron chi connectivity index (χ2n) is 5.51. The number of nitrogens with one attached hydrogen (secondary N) is 1. The first-order chi connectivity index (χ1) is 8.19. The van der Waals surface area contributed by atoms with Gasteiger partial charge in [-0.25, -0.2) is 0 Å². The quantitative estimate of drug-likeness (QED) is 0.756. The fraction of sp³-hybridized carbons (Fsp3) is 1.00. The van der Waals surface area contributed by atoms with Crippen molar-refractivity contribution in [3.8, 4) is 0 Å². The summed E-state index contributed by atoms with van der Waals surface area (Å²) in [5, 5.41) is 3.51. The third-order valence-corrected chi connectivity index (χ3v) is 4.94. The number of hydrogen-bond donors (Lipinski definition) is 1. The molecular weight excluding hydrogens is 228 g/mol. The third kappa shape index (κ3) is 5.19. The van der Waals surface area contributed by atoms with E-state index in [1.165, 1.54) is 44.4 Å². The van der Waals surface area contributed by atoms with Crippen molar-refractivity contribution in [3.05, 3.63) is 0 Å². The highest BCUT2D eigenvalue weighted by Gasteiger charge is 2.25. The van der Waals surface area contributed by atoms with E-state index in [9.17, 15) is 0 Å². The molecule has 1 N–H and O–H groups in total. The first-order valence-corrected chi connectivity index (χ1v) is 8.44. The topological polar surface area (TPSA) is 15.3 Å². The number of hydrogen-bond acceptors (Lipinski definition) is 3. The SMILES string of the molecule is CNC1CCCCC1CN(C)C(C)CCSC. The Hall–Kier alpha value is 0.270. The van der Waals surface area contributed by atoms with Crippen LogP contribution >= 0.6 is 11.8 Å². The van der Waals surface area contributed by atoms with Gasteiger partial charge >= 0.3 is 0 Å². The lowest BCUT2D eigenvalue weighted by atomic mass is 9.84. The molecule has 0 aromatic carbocycles. The minimum absolute atomic E-state index is 0.724. The molecule has 0 saturated heterocycles. The fourth-order valence-electron chi connectivity index (χ4n) is 2.86. The van der Waals surface area contributed by atoms with E-state index in [2.05, 4.69) is 37.5 Å². The Bertz CT molecular complexity index is 199. The predicted molar refractivity (Wildman–Crippen MR) is 79.9 cm³/mol. The lowest BCUT2D eigenvalue weighted by molar-refractivity contribution is 0.162. The lowest BCUT2D eigenvalue weighted by Crippen LogP contribution is -2.44. The van der Waals surface area contributed by atoms with Gasteiger partial charge in [-0.1, -0.05) is 12.8 Å². The molecule has 102 valence electrons. The molecule has 0 bridgehead atoms. The molecule has 2 nitrogen and oxygen atoms in total. The molecule has 3 heteroatoms. The number of nitrogens with zero attached hydrogens (tertiary/aromatic N) is 1. The maximum Gasteiger partial charge on any atom is 0.0104 e. The summed E-state index contributed by atoms with van der Waals surface area (Å²) in [6, 6.07) is 1.47. The predicted octanol–water partition coefficient (Wildman–Crippen LogP) is 2.84. The van der Waals surface area contributed by atoms with Gasteiger partial charge in [-0.2, -0.15) is 11.8 Å². The van der Waals surface area contributed by atoms with Crippen LogP contribution in [0.2, 0.25) is 0 Å². The van der Waals surface area contributed by atoms with Crippen LogP contribution in [0.1, 0.15) is 39.0 Å². The summed E-state index contributed by atoms with van der Waals surface area (Å²) in [5.74, 6) is 2.14. The van der Waals surface area contributed by atoms with E-state index in [-0.39, 0.29) is 0 Å². The second-order valence-corrected chi connectivity index (χ2v) is 6.50. The Kier molecular flexibility index (Phi) is 7.56. The fourth-order valence-corrected chi connectivity index (χ4v) is 3.44. The summed E-state index contributed by atoms with van der Waals surface area (Å²) in [5.41, 5.74) is 0. The molecule has 0 radical (unpaired) electrons. The van der Waals surface area contributed by atoms with Crippen LogP contribution in [0.4, 0.5) is 0 Å². The van der Waals surface area contributed by atoms with Crippen LogP contribution in [0.15, 0.2) is 0 Å². The Labute approximate surface area is 112 Å². The van der Waals surface area contributed by atoms with E-state index >= 15 is 0 Å². The van der Waals surface area contributed by atoms with Gasteiger partial charge in [-0.3, -0.25) is 0 Å². The third-order valence-electron chi connectivity index (χ3n) is 4.29. The Balaban J connectivity index is 2.34. The van der Waals surface area contributed by atoms with Crippen LogP contribution in [0.5, 0.6) is 0 Å². The van der Waals surface area contributed by atoms with Crippen LogP contribution in [-0.2, 0) is 0 Å².